The van der Waals surface area contributed by atoms with Crippen LogP contribution in [0.2, 0.25) is 0 Å². The van der Waals surface area contributed by atoms with E-state index in [1.54, 1.807) is 6.20 Å². The lowest BCUT2D eigenvalue weighted by Gasteiger charge is -2.39. The minimum atomic E-state index is 0.315. The minimum absolute atomic E-state index is 0.315. The van der Waals surface area contributed by atoms with Gasteiger partial charge in [0.1, 0.15) is 0 Å². The fraction of sp³-hybridized carbons (Fsp3) is 0.765. The highest BCUT2D eigenvalue weighted by Crippen LogP contribution is 2.20. The van der Waals surface area contributed by atoms with E-state index in [1.165, 1.54) is 6.42 Å². The number of ether oxygens (including phenoxy) is 1. The molecule has 2 aliphatic rings. The van der Waals surface area contributed by atoms with Crippen molar-refractivity contribution in [1.82, 2.24) is 19.6 Å². The monoisotopic (exact) mass is 320 g/mol. The Labute approximate surface area is 138 Å². The van der Waals surface area contributed by atoms with Crippen LogP contribution >= 0.6 is 0 Å². The lowest BCUT2D eigenvalue weighted by molar-refractivity contribution is -0.135. The van der Waals surface area contributed by atoms with Gasteiger partial charge in [-0.3, -0.25) is 14.4 Å². The highest BCUT2D eigenvalue weighted by atomic mass is 16.5. The SMILES string of the molecule is O=C(CCCn1cccn1)N1CCCC[C@H]1CN1CCOCC1. The first-order valence-corrected chi connectivity index (χ1v) is 8.90. The molecule has 3 rings (SSSR count). The molecule has 0 spiro atoms. The van der Waals surface area contributed by atoms with Crippen molar-refractivity contribution in [3.63, 3.8) is 0 Å². The highest BCUT2D eigenvalue weighted by molar-refractivity contribution is 5.76. The van der Waals surface area contributed by atoms with Crippen LogP contribution in [-0.2, 0) is 16.1 Å². The van der Waals surface area contributed by atoms with Gasteiger partial charge in [0.2, 0.25) is 5.91 Å². The predicted molar refractivity (Wildman–Crippen MR) is 88.1 cm³/mol. The Balaban J connectivity index is 1.47. The zero-order chi connectivity index (χ0) is 15.9. The first kappa shape index (κ1) is 16.5. The van der Waals surface area contributed by atoms with Gasteiger partial charge in [0, 0.05) is 57.6 Å². The van der Waals surface area contributed by atoms with Gasteiger partial charge in [0.15, 0.2) is 0 Å². The molecule has 128 valence electrons. The summed E-state index contributed by atoms with van der Waals surface area (Å²) in [7, 11) is 0. The smallest absolute Gasteiger partial charge is 0.222 e. The molecule has 0 saturated carbocycles. The number of likely N-dealkylation sites (tertiary alicyclic amines) is 1. The summed E-state index contributed by atoms with van der Waals surface area (Å²) in [6.07, 6.45) is 8.75. The number of aryl methyl sites for hydroxylation is 1. The molecule has 0 bridgehead atoms. The molecule has 6 heteroatoms. The lowest BCUT2D eigenvalue weighted by Crippen LogP contribution is -2.51. The number of hydrogen-bond acceptors (Lipinski definition) is 4. The molecular weight excluding hydrogens is 292 g/mol. The number of carbonyl (C=O) groups excluding carboxylic acids is 1. The molecule has 0 unspecified atom stereocenters. The highest BCUT2D eigenvalue weighted by Gasteiger charge is 2.28. The standard InChI is InChI=1S/C17H28N4O2/c22-17(6-3-8-20-9-4-7-18-20)21-10-2-1-5-16(21)15-19-11-13-23-14-12-19/h4,7,9,16H,1-3,5-6,8,10-15H2/t16-/m0/s1. The van der Waals surface area contributed by atoms with Crippen molar-refractivity contribution in [2.75, 3.05) is 39.4 Å². The molecule has 0 aromatic carbocycles. The van der Waals surface area contributed by atoms with E-state index in [1.807, 2.05) is 16.9 Å². The van der Waals surface area contributed by atoms with Crippen molar-refractivity contribution in [1.29, 1.82) is 0 Å². The van der Waals surface area contributed by atoms with Crippen LogP contribution in [0.4, 0.5) is 0 Å². The molecule has 6 nitrogen and oxygen atoms in total. The summed E-state index contributed by atoms with van der Waals surface area (Å²) in [6.45, 7) is 6.40. The van der Waals surface area contributed by atoms with Crippen LogP contribution in [0.3, 0.4) is 0 Å². The number of amides is 1. The maximum atomic E-state index is 12.6. The van der Waals surface area contributed by atoms with Gasteiger partial charge < -0.3 is 9.64 Å². The van der Waals surface area contributed by atoms with Crippen molar-refractivity contribution < 1.29 is 9.53 Å². The summed E-state index contributed by atoms with van der Waals surface area (Å²) in [5.41, 5.74) is 0. The third kappa shape index (κ3) is 4.78. The summed E-state index contributed by atoms with van der Waals surface area (Å²) < 4.78 is 7.32. The van der Waals surface area contributed by atoms with Gasteiger partial charge in [0.05, 0.1) is 13.2 Å². The van der Waals surface area contributed by atoms with Gasteiger partial charge in [-0.1, -0.05) is 0 Å². The van der Waals surface area contributed by atoms with E-state index in [2.05, 4.69) is 14.9 Å². The van der Waals surface area contributed by atoms with Crippen LogP contribution < -0.4 is 0 Å². The van der Waals surface area contributed by atoms with Crippen molar-refractivity contribution >= 4 is 5.91 Å². The Morgan fingerprint density at radius 1 is 1.22 bits per heavy atom. The fourth-order valence-corrected chi connectivity index (χ4v) is 3.57. The summed E-state index contributed by atoms with van der Waals surface area (Å²) >= 11 is 0. The molecular formula is C17H28N4O2. The second-order valence-corrected chi connectivity index (χ2v) is 6.52. The molecule has 2 fully saturated rings. The van der Waals surface area contributed by atoms with Crippen LogP contribution in [0.1, 0.15) is 32.1 Å². The van der Waals surface area contributed by atoms with E-state index in [9.17, 15) is 4.79 Å². The summed E-state index contributed by atoms with van der Waals surface area (Å²) in [5, 5.41) is 4.19. The third-order valence-electron chi connectivity index (χ3n) is 4.86. The van der Waals surface area contributed by atoms with E-state index in [-0.39, 0.29) is 0 Å². The second-order valence-electron chi connectivity index (χ2n) is 6.52. The number of piperidine rings is 1. The van der Waals surface area contributed by atoms with Gasteiger partial charge in [-0.25, -0.2) is 0 Å². The normalized spacial score (nSPS) is 23.1. The molecule has 0 aliphatic carbocycles. The summed E-state index contributed by atoms with van der Waals surface area (Å²) in [6, 6.07) is 2.31. The number of rotatable bonds is 6. The maximum absolute atomic E-state index is 12.6. The molecule has 1 atom stereocenters. The van der Waals surface area contributed by atoms with Gasteiger partial charge in [-0.05, 0) is 31.7 Å². The summed E-state index contributed by atoms with van der Waals surface area (Å²) in [5.74, 6) is 0.315. The van der Waals surface area contributed by atoms with E-state index in [0.717, 1.165) is 65.2 Å². The Morgan fingerprint density at radius 3 is 2.87 bits per heavy atom. The largest absolute Gasteiger partial charge is 0.379 e. The molecule has 0 N–H and O–H groups in total. The number of carbonyl (C=O) groups is 1. The van der Waals surface area contributed by atoms with E-state index in [0.29, 0.717) is 18.4 Å². The average Bonchev–Trinajstić information content (AvgIpc) is 3.09. The van der Waals surface area contributed by atoms with E-state index >= 15 is 0 Å². The Hall–Kier alpha value is -1.40. The van der Waals surface area contributed by atoms with Crippen molar-refractivity contribution in [3.05, 3.63) is 18.5 Å². The van der Waals surface area contributed by atoms with Crippen LogP contribution in [0, 0.1) is 0 Å². The fourth-order valence-electron chi connectivity index (χ4n) is 3.57. The van der Waals surface area contributed by atoms with E-state index in [4.69, 9.17) is 4.74 Å². The number of aromatic nitrogens is 2. The van der Waals surface area contributed by atoms with Crippen LogP contribution in [0.25, 0.3) is 0 Å². The lowest BCUT2D eigenvalue weighted by atomic mass is 10.0. The third-order valence-corrected chi connectivity index (χ3v) is 4.86. The van der Waals surface area contributed by atoms with Crippen molar-refractivity contribution in [2.45, 2.75) is 44.7 Å². The number of morpholine rings is 1. The topological polar surface area (TPSA) is 50.6 Å². The minimum Gasteiger partial charge on any atom is -0.379 e. The molecule has 0 radical (unpaired) electrons. The molecule has 1 aromatic heterocycles. The molecule has 2 aliphatic heterocycles. The van der Waals surface area contributed by atoms with Gasteiger partial charge in [-0.2, -0.15) is 5.10 Å². The Kier molecular flexibility index (Phi) is 6.05. The Bertz CT molecular complexity index is 471. The van der Waals surface area contributed by atoms with Crippen molar-refractivity contribution in [2.24, 2.45) is 0 Å². The Morgan fingerprint density at radius 2 is 2.09 bits per heavy atom. The first-order chi connectivity index (χ1) is 11.3. The molecule has 3 heterocycles. The predicted octanol–water partition coefficient (Wildman–Crippen LogP) is 1.38. The maximum Gasteiger partial charge on any atom is 0.222 e. The quantitative estimate of drug-likeness (QED) is 0.794. The molecule has 23 heavy (non-hydrogen) atoms. The second kappa shape index (κ2) is 8.45. The summed E-state index contributed by atoms with van der Waals surface area (Å²) in [4.78, 5) is 17.2. The van der Waals surface area contributed by atoms with Gasteiger partial charge >= 0.3 is 0 Å². The van der Waals surface area contributed by atoms with Crippen molar-refractivity contribution in [3.8, 4) is 0 Å². The molecule has 1 aromatic rings. The average molecular weight is 320 g/mol. The van der Waals surface area contributed by atoms with Gasteiger partial charge in [0.25, 0.3) is 0 Å². The number of nitrogens with zero attached hydrogens (tertiary/aromatic N) is 4. The van der Waals surface area contributed by atoms with E-state index < -0.39 is 0 Å². The molecule has 1 amide bonds. The number of hydrogen-bond donors (Lipinski definition) is 0. The zero-order valence-corrected chi connectivity index (χ0v) is 13.9. The van der Waals surface area contributed by atoms with Crippen LogP contribution in [0.5, 0.6) is 0 Å². The van der Waals surface area contributed by atoms with Gasteiger partial charge in [-0.15, -0.1) is 0 Å². The first-order valence-electron chi connectivity index (χ1n) is 8.90. The van der Waals surface area contributed by atoms with Crippen LogP contribution in [-0.4, -0.2) is 70.9 Å². The zero-order valence-electron chi connectivity index (χ0n) is 13.9. The van der Waals surface area contributed by atoms with Crippen LogP contribution in [0.15, 0.2) is 18.5 Å². The molecule has 2 saturated heterocycles.